The highest BCUT2D eigenvalue weighted by atomic mass is 16.4. The van der Waals surface area contributed by atoms with Crippen molar-refractivity contribution in [2.75, 3.05) is 0 Å². The van der Waals surface area contributed by atoms with Gasteiger partial charge in [0.1, 0.15) is 5.58 Å². The minimum atomic E-state index is -0.253. The average molecular weight is 473 g/mol. The largest absolute Gasteiger partial charge is 0.422 e. The Labute approximate surface area is 213 Å². The van der Waals surface area contributed by atoms with Gasteiger partial charge in [0.25, 0.3) is 0 Å². The molecule has 0 aliphatic heterocycles. The van der Waals surface area contributed by atoms with E-state index in [9.17, 15) is 4.79 Å². The Morgan fingerprint density at radius 1 is 0.667 bits per heavy atom. The van der Waals surface area contributed by atoms with E-state index in [0.29, 0.717) is 11.1 Å². The van der Waals surface area contributed by atoms with E-state index in [1.165, 1.54) is 16.7 Å². The van der Waals surface area contributed by atoms with Gasteiger partial charge in [-0.2, -0.15) is 0 Å². The van der Waals surface area contributed by atoms with E-state index in [4.69, 9.17) is 4.42 Å². The van der Waals surface area contributed by atoms with Crippen molar-refractivity contribution in [2.45, 2.75) is 59.3 Å². The minimum Gasteiger partial charge on any atom is -0.422 e. The van der Waals surface area contributed by atoms with Crippen LogP contribution in [0.1, 0.15) is 87.4 Å². The number of rotatable bonds is 1. The predicted octanol–water partition coefficient (Wildman–Crippen LogP) is 8.60. The van der Waals surface area contributed by atoms with Crippen molar-refractivity contribution in [3.05, 3.63) is 116 Å². The predicted molar refractivity (Wildman–Crippen MR) is 151 cm³/mol. The van der Waals surface area contributed by atoms with Gasteiger partial charge in [-0.3, -0.25) is 0 Å². The molecule has 1 aromatic heterocycles. The molecule has 0 saturated carbocycles. The normalized spacial score (nSPS) is 15.0. The van der Waals surface area contributed by atoms with E-state index in [0.717, 1.165) is 44.4 Å². The van der Waals surface area contributed by atoms with E-state index in [-0.39, 0.29) is 16.5 Å². The van der Waals surface area contributed by atoms with E-state index in [1.807, 2.05) is 6.07 Å². The summed E-state index contributed by atoms with van der Waals surface area (Å²) < 4.78 is 6.25. The first kappa shape index (κ1) is 22.8. The number of allylic oxidation sites excluding steroid dienone is 3. The molecule has 36 heavy (non-hydrogen) atoms. The molecule has 0 radical (unpaired) electrons. The van der Waals surface area contributed by atoms with Crippen molar-refractivity contribution in [1.29, 1.82) is 0 Å². The molecule has 2 aliphatic carbocycles. The molecule has 180 valence electrons. The topological polar surface area (TPSA) is 30.2 Å². The second kappa shape index (κ2) is 7.43. The quantitative estimate of drug-likeness (QED) is 0.260. The van der Waals surface area contributed by atoms with Crippen molar-refractivity contribution >= 4 is 33.3 Å². The van der Waals surface area contributed by atoms with Crippen LogP contribution in [0.2, 0.25) is 0 Å². The third-order valence-electron chi connectivity index (χ3n) is 7.71. The fraction of sp³-hybridized carbons (Fsp3) is 0.265. The molecule has 6 rings (SSSR count). The zero-order chi connectivity index (χ0) is 25.6. The van der Waals surface area contributed by atoms with Gasteiger partial charge in [-0.15, -0.1) is 0 Å². The van der Waals surface area contributed by atoms with Crippen molar-refractivity contribution < 1.29 is 4.42 Å². The molecule has 0 atom stereocenters. The molecule has 0 bridgehead atoms. The molecule has 2 nitrogen and oxygen atoms in total. The third-order valence-corrected chi connectivity index (χ3v) is 7.71. The lowest BCUT2D eigenvalue weighted by Crippen LogP contribution is -2.18. The Balaban J connectivity index is 1.81. The van der Waals surface area contributed by atoms with Gasteiger partial charge < -0.3 is 4.42 Å². The molecule has 2 aliphatic rings. The van der Waals surface area contributed by atoms with Crippen LogP contribution in [0.3, 0.4) is 0 Å². The van der Waals surface area contributed by atoms with Crippen LogP contribution in [0.5, 0.6) is 0 Å². The SMILES string of the molecule is CC1=C2C(=C(c3ccccc3)c3ccccc32)c2c1c1cc(C(C)(C)C)cc(C(C)(C)C)c1oc2=O. The van der Waals surface area contributed by atoms with Crippen LogP contribution in [0.4, 0.5) is 0 Å². The Morgan fingerprint density at radius 2 is 1.28 bits per heavy atom. The second-order valence-electron chi connectivity index (χ2n) is 12.2. The monoisotopic (exact) mass is 472 g/mol. The standard InChI is InChI=1S/C34H32O2/c1-19-26-22-15-11-12-16-23(22)28(20-13-9-8-10-14-20)29(26)30-27(19)24-17-21(33(2,3)4)18-25(34(5,6)7)31(24)36-32(30)35/h8-18H,1-7H3. The Bertz CT molecular complexity index is 1690. The summed E-state index contributed by atoms with van der Waals surface area (Å²) in [5.41, 5.74) is 12.3. The first-order valence-electron chi connectivity index (χ1n) is 12.8. The van der Waals surface area contributed by atoms with Gasteiger partial charge in [-0.1, -0.05) is 102 Å². The minimum absolute atomic E-state index is 0.0339. The lowest BCUT2D eigenvalue weighted by molar-refractivity contribution is 0.524. The lowest BCUT2D eigenvalue weighted by Gasteiger charge is -2.26. The van der Waals surface area contributed by atoms with Gasteiger partial charge >= 0.3 is 5.63 Å². The first-order chi connectivity index (χ1) is 17.0. The summed E-state index contributed by atoms with van der Waals surface area (Å²) >= 11 is 0. The van der Waals surface area contributed by atoms with Crippen LogP contribution < -0.4 is 5.63 Å². The maximum absolute atomic E-state index is 13.9. The summed E-state index contributed by atoms with van der Waals surface area (Å²) in [6, 6.07) is 23.4. The summed E-state index contributed by atoms with van der Waals surface area (Å²) in [4.78, 5) is 13.9. The van der Waals surface area contributed by atoms with E-state index >= 15 is 0 Å². The molecule has 3 aromatic carbocycles. The van der Waals surface area contributed by atoms with E-state index in [1.54, 1.807) is 0 Å². The Kier molecular flexibility index (Phi) is 4.70. The van der Waals surface area contributed by atoms with Crippen LogP contribution in [-0.2, 0) is 10.8 Å². The third kappa shape index (κ3) is 3.13. The summed E-state index contributed by atoms with van der Waals surface area (Å²) in [6.07, 6.45) is 0. The van der Waals surface area contributed by atoms with Crippen molar-refractivity contribution in [1.82, 2.24) is 0 Å². The highest BCUT2D eigenvalue weighted by molar-refractivity contribution is 6.34. The summed E-state index contributed by atoms with van der Waals surface area (Å²) in [5, 5.41) is 1.04. The average Bonchev–Trinajstić information content (AvgIpc) is 3.31. The Hall–Kier alpha value is -3.65. The maximum Gasteiger partial charge on any atom is 0.344 e. The van der Waals surface area contributed by atoms with Gasteiger partial charge in [0.15, 0.2) is 0 Å². The Morgan fingerprint density at radius 3 is 1.89 bits per heavy atom. The summed E-state index contributed by atoms with van der Waals surface area (Å²) in [5.74, 6) is 0. The summed E-state index contributed by atoms with van der Waals surface area (Å²) in [7, 11) is 0. The van der Waals surface area contributed by atoms with Crippen LogP contribution in [0.25, 0.3) is 33.3 Å². The molecule has 0 amide bonds. The fourth-order valence-corrected chi connectivity index (χ4v) is 5.89. The first-order valence-corrected chi connectivity index (χ1v) is 12.8. The zero-order valence-corrected chi connectivity index (χ0v) is 22.2. The smallest absolute Gasteiger partial charge is 0.344 e. The number of fused-ring (bicyclic) bond motifs is 7. The molecule has 4 aromatic rings. The molecule has 0 fully saturated rings. The molecule has 0 N–H and O–H groups in total. The highest BCUT2D eigenvalue weighted by Gasteiger charge is 2.39. The molecule has 0 unspecified atom stereocenters. The van der Waals surface area contributed by atoms with Crippen LogP contribution in [0, 0.1) is 0 Å². The van der Waals surface area contributed by atoms with Crippen LogP contribution in [0.15, 0.2) is 75.9 Å². The van der Waals surface area contributed by atoms with Gasteiger partial charge in [0, 0.05) is 22.1 Å². The van der Waals surface area contributed by atoms with Gasteiger partial charge in [-0.25, -0.2) is 4.79 Å². The van der Waals surface area contributed by atoms with Crippen molar-refractivity contribution in [3.63, 3.8) is 0 Å². The fourth-order valence-electron chi connectivity index (χ4n) is 5.89. The number of hydrogen-bond donors (Lipinski definition) is 0. The van der Waals surface area contributed by atoms with Crippen LogP contribution in [-0.4, -0.2) is 0 Å². The molecule has 0 saturated heterocycles. The highest BCUT2D eigenvalue weighted by Crippen LogP contribution is 2.57. The number of benzene rings is 3. The maximum atomic E-state index is 13.9. The molecule has 2 heteroatoms. The number of hydrogen-bond acceptors (Lipinski definition) is 2. The lowest BCUT2D eigenvalue weighted by atomic mass is 9.78. The zero-order valence-electron chi connectivity index (χ0n) is 22.2. The molecular weight excluding hydrogens is 440 g/mol. The van der Waals surface area contributed by atoms with E-state index < -0.39 is 0 Å². The van der Waals surface area contributed by atoms with Crippen molar-refractivity contribution in [2.24, 2.45) is 0 Å². The molecule has 0 spiro atoms. The van der Waals surface area contributed by atoms with Crippen LogP contribution >= 0.6 is 0 Å². The second-order valence-corrected chi connectivity index (χ2v) is 12.2. The van der Waals surface area contributed by atoms with Gasteiger partial charge in [0.2, 0.25) is 0 Å². The summed E-state index contributed by atoms with van der Waals surface area (Å²) in [6.45, 7) is 15.5. The molecule has 1 heterocycles. The van der Waals surface area contributed by atoms with E-state index in [2.05, 4.69) is 109 Å². The van der Waals surface area contributed by atoms with Gasteiger partial charge in [-0.05, 0) is 62.8 Å². The molecular formula is C34H32O2. The van der Waals surface area contributed by atoms with Gasteiger partial charge in [0.05, 0.1) is 5.56 Å². The van der Waals surface area contributed by atoms with Crippen molar-refractivity contribution in [3.8, 4) is 0 Å².